The molecule has 0 aliphatic rings. The molecule has 0 radical (unpaired) electrons. The molecule has 0 unspecified atom stereocenters. The summed E-state index contributed by atoms with van der Waals surface area (Å²) < 4.78 is 14.0. The molecule has 0 saturated heterocycles. The summed E-state index contributed by atoms with van der Waals surface area (Å²) in [4.78, 5) is 2.03. The fraction of sp³-hybridized carbons (Fsp3) is 0.294. The fourth-order valence-electron chi connectivity index (χ4n) is 2.56. The number of hydrogen-bond donors (Lipinski definition) is 1. The van der Waals surface area contributed by atoms with Crippen molar-refractivity contribution in [2.24, 2.45) is 5.73 Å². The summed E-state index contributed by atoms with van der Waals surface area (Å²) in [5, 5.41) is 0. The van der Waals surface area contributed by atoms with Gasteiger partial charge >= 0.3 is 0 Å². The van der Waals surface area contributed by atoms with E-state index < -0.39 is 0 Å². The first-order valence-corrected chi connectivity index (χ1v) is 6.83. The molecule has 20 heavy (non-hydrogen) atoms. The second-order valence-electron chi connectivity index (χ2n) is 5.13. The van der Waals surface area contributed by atoms with Crippen molar-refractivity contribution < 1.29 is 4.39 Å². The lowest BCUT2D eigenvalue weighted by molar-refractivity contribution is 0.609. The normalized spacial score (nSPS) is 10.7. The number of benzene rings is 2. The van der Waals surface area contributed by atoms with Crippen molar-refractivity contribution >= 4 is 11.4 Å². The average molecular weight is 272 g/mol. The highest BCUT2D eigenvalue weighted by Gasteiger charge is 2.14. The third-order valence-corrected chi connectivity index (χ3v) is 3.56. The zero-order valence-electron chi connectivity index (χ0n) is 12.3. The Morgan fingerprint density at radius 1 is 1.10 bits per heavy atom. The Morgan fingerprint density at radius 3 is 2.50 bits per heavy atom. The van der Waals surface area contributed by atoms with Crippen molar-refractivity contribution in [3.63, 3.8) is 0 Å². The van der Waals surface area contributed by atoms with Crippen LogP contribution in [0.1, 0.15) is 16.7 Å². The molecule has 2 N–H and O–H groups in total. The van der Waals surface area contributed by atoms with E-state index in [0.29, 0.717) is 18.5 Å². The van der Waals surface area contributed by atoms with E-state index in [-0.39, 0.29) is 5.82 Å². The number of rotatable bonds is 4. The molecule has 2 rings (SSSR count). The van der Waals surface area contributed by atoms with Crippen LogP contribution in [0, 0.1) is 19.7 Å². The van der Waals surface area contributed by atoms with Gasteiger partial charge in [0.25, 0.3) is 0 Å². The molecule has 0 aliphatic heterocycles. The number of anilines is 2. The monoisotopic (exact) mass is 272 g/mol. The van der Waals surface area contributed by atoms with Crippen LogP contribution in [0.3, 0.4) is 0 Å². The highest BCUT2D eigenvalue weighted by Crippen LogP contribution is 2.31. The quantitative estimate of drug-likeness (QED) is 0.919. The van der Waals surface area contributed by atoms with E-state index in [1.807, 2.05) is 18.0 Å². The summed E-state index contributed by atoms with van der Waals surface area (Å²) in [5.41, 5.74) is 10.6. The van der Waals surface area contributed by atoms with Crippen molar-refractivity contribution in [3.8, 4) is 0 Å². The minimum absolute atomic E-state index is 0.190. The van der Waals surface area contributed by atoms with Gasteiger partial charge in [0.15, 0.2) is 0 Å². The van der Waals surface area contributed by atoms with Crippen LogP contribution in [0.15, 0.2) is 36.4 Å². The zero-order chi connectivity index (χ0) is 14.7. The maximum Gasteiger partial charge on any atom is 0.128 e. The number of hydrogen-bond acceptors (Lipinski definition) is 2. The van der Waals surface area contributed by atoms with Gasteiger partial charge < -0.3 is 10.6 Å². The van der Waals surface area contributed by atoms with E-state index >= 15 is 0 Å². The van der Waals surface area contributed by atoms with Crippen LogP contribution in [0.2, 0.25) is 0 Å². The van der Waals surface area contributed by atoms with Crippen LogP contribution < -0.4 is 10.6 Å². The van der Waals surface area contributed by atoms with Crippen molar-refractivity contribution in [2.45, 2.75) is 20.3 Å². The molecule has 0 spiro atoms. The van der Waals surface area contributed by atoms with Crippen LogP contribution in [0.5, 0.6) is 0 Å². The molecule has 0 aromatic heterocycles. The second kappa shape index (κ2) is 6.06. The number of halogens is 1. The Hall–Kier alpha value is -1.87. The zero-order valence-corrected chi connectivity index (χ0v) is 12.3. The summed E-state index contributed by atoms with van der Waals surface area (Å²) in [6.45, 7) is 4.58. The lowest BCUT2D eigenvalue weighted by Gasteiger charge is -2.25. The minimum atomic E-state index is -0.190. The number of nitrogens with zero attached hydrogens (tertiary/aromatic N) is 1. The maximum absolute atomic E-state index is 14.0. The van der Waals surface area contributed by atoms with Crippen LogP contribution >= 0.6 is 0 Å². The molecule has 106 valence electrons. The highest BCUT2D eigenvalue weighted by molar-refractivity contribution is 5.68. The van der Waals surface area contributed by atoms with Gasteiger partial charge in [-0.25, -0.2) is 4.39 Å². The van der Waals surface area contributed by atoms with Gasteiger partial charge in [-0.15, -0.1) is 0 Å². The van der Waals surface area contributed by atoms with Crippen LogP contribution in [0.25, 0.3) is 0 Å². The van der Waals surface area contributed by atoms with Gasteiger partial charge in [0, 0.05) is 24.0 Å². The number of aryl methyl sites for hydroxylation is 2. The Bertz CT molecular complexity index is 608. The SMILES string of the molecule is Cc1ccc(N(C)c2cccc(F)c2CCN)c(C)c1. The van der Waals surface area contributed by atoms with E-state index in [4.69, 9.17) is 5.73 Å². The third kappa shape index (κ3) is 2.83. The first-order chi connectivity index (χ1) is 9.54. The van der Waals surface area contributed by atoms with Gasteiger partial charge in [-0.3, -0.25) is 0 Å². The topological polar surface area (TPSA) is 29.3 Å². The van der Waals surface area contributed by atoms with Crippen LogP contribution in [-0.4, -0.2) is 13.6 Å². The summed E-state index contributed by atoms with van der Waals surface area (Å²) in [7, 11) is 1.96. The summed E-state index contributed by atoms with van der Waals surface area (Å²) in [5.74, 6) is -0.190. The lowest BCUT2D eigenvalue weighted by atomic mass is 10.1. The first-order valence-electron chi connectivity index (χ1n) is 6.83. The standard InChI is InChI=1S/C17H21FN2/c1-12-7-8-16(13(2)11-12)20(3)17-6-4-5-15(18)14(17)9-10-19/h4-8,11H,9-10,19H2,1-3H3. The summed E-state index contributed by atoms with van der Waals surface area (Å²) in [6.07, 6.45) is 0.539. The molecule has 2 aromatic rings. The Labute approximate surface area is 120 Å². The van der Waals surface area contributed by atoms with E-state index in [1.54, 1.807) is 6.07 Å². The van der Waals surface area contributed by atoms with Gasteiger partial charge in [-0.05, 0) is 50.6 Å². The van der Waals surface area contributed by atoms with Gasteiger partial charge in [0.2, 0.25) is 0 Å². The highest BCUT2D eigenvalue weighted by atomic mass is 19.1. The van der Waals surface area contributed by atoms with Gasteiger partial charge in [0.05, 0.1) is 0 Å². The first kappa shape index (κ1) is 14.5. The molecule has 0 bridgehead atoms. The van der Waals surface area contributed by atoms with Gasteiger partial charge in [-0.2, -0.15) is 0 Å². The Balaban J connectivity index is 2.47. The largest absolute Gasteiger partial charge is 0.344 e. The molecule has 2 aromatic carbocycles. The van der Waals surface area contributed by atoms with Crippen LogP contribution in [-0.2, 0) is 6.42 Å². The van der Waals surface area contributed by atoms with Crippen molar-refractivity contribution in [3.05, 3.63) is 58.9 Å². The molecule has 0 amide bonds. The molecular formula is C17H21FN2. The Kier molecular flexibility index (Phi) is 4.40. The molecule has 0 aliphatic carbocycles. The molecule has 0 saturated carbocycles. The van der Waals surface area contributed by atoms with E-state index in [1.165, 1.54) is 17.2 Å². The van der Waals surface area contributed by atoms with Crippen molar-refractivity contribution in [2.75, 3.05) is 18.5 Å². The summed E-state index contributed by atoms with van der Waals surface area (Å²) in [6, 6.07) is 11.4. The van der Waals surface area contributed by atoms with Gasteiger partial charge in [-0.1, -0.05) is 23.8 Å². The predicted octanol–water partition coefficient (Wildman–Crippen LogP) is 3.71. The lowest BCUT2D eigenvalue weighted by Crippen LogP contribution is -2.16. The van der Waals surface area contributed by atoms with Crippen LogP contribution in [0.4, 0.5) is 15.8 Å². The molecule has 2 nitrogen and oxygen atoms in total. The third-order valence-electron chi connectivity index (χ3n) is 3.56. The smallest absolute Gasteiger partial charge is 0.128 e. The van der Waals surface area contributed by atoms with E-state index in [9.17, 15) is 4.39 Å². The van der Waals surface area contributed by atoms with Crippen molar-refractivity contribution in [1.29, 1.82) is 0 Å². The molecule has 0 heterocycles. The molecular weight excluding hydrogens is 251 g/mol. The fourth-order valence-corrected chi connectivity index (χ4v) is 2.56. The maximum atomic E-state index is 14.0. The van der Waals surface area contributed by atoms with Crippen molar-refractivity contribution in [1.82, 2.24) is 0 Å². The molecule has 0 fully saturated rings. The molecule has 0 atom stereocenters. The Morgan fingerprint density at radius 2 is 1.85 bits per heavy atom. The number of nitrogens with two attached hydrogens (primary N) is 1. The van der Waals surface area contributed by atoms with Gasteiger partial charge in [0.1, 0.15) is 5.82 Å². The van der Waals surface area contributed by atoms with E-state index in [2.05, 4.69) is 32.0 Å². The minimum Gasteiger partial charge on any atom is -0.344 e. The average Bonchev–Trinajstić information content (AvgIpc) is 2.40. The molecule has 3 heteroatoms. The summed E-state index contributed by atoms with van der Waals surface area (Å²) >= 11 is 0. The van der Waals surface area contributed by atoms with E-state index in [0.717, 1.165) is 11.4 Å². The predicted molar refractivity (Wildman–Crippen MR) is 83.1 cm³/mol. The second-order valence-corrected chi connectivity index (χ2v) is 5.13.